The monoisotopic (exact) mass is 233 g/mol. The van der Waals surface area contributed by atoms with Crippen LogP contribution in [-0.4, -0.2) is 41.6 Å². The van der Waals surface area contributed by atoms with E-state index in [4.69, 9.17) is 5.73 Å². The molecule has 86 valence electrons. The van der Waals surface area contributed by atoms with Crippen LogP contribution in [0.25, 0.3) is 0 Å². The van der Waals surface area contributed by atoms with Gasteiger partial charge >= 0.3 is 6.18 Å². The fourth-order valence-electron chi connectivity index (χ4n) is 0.743. The van der Waals surface area contributed by atoms with E-state index in [1.54, 1.807) is 0 Å². The summed E-state index contributed by atoms with van der Waals surface area (Å²) in [6.07, 6.45) is -3.92. The molecule has 14 heavy (non-hydrogen) atoms. The summed E-state index contributed by atoms with van der Waals surface area (Å²) in [6.45, 7) is -0.928. The summed E-state index contributed by atoms with van der Waals surface area (Å²) in [5, 5.41) is 0. The quantitative estimate of drug-likeness (QED) is 0.657. The summed E-state index contributed by atoms with van der Waals surface area (Å²) in [4.78, 5) is 0. The molecular weight excluding hydrogens is 219 g/mol. The van der Waals surface area contributed by atoms with E-state index < -0.39 is 23.6 Å². The Bertz CT molecular complexity index is 175. The molecule has 0 saturated carbocycles. The van der Waals surface area contributed by atoms with Gasteiger partial charge < -0.3 is 10.5 Å². The van der Waals surface area contributed by atoms with Crippen molar-refractivity contribution >= 4 is 10.8 Å². The third-order valence-corrected chi connectivity index (χ3v) is 2.71. The first-order chi connectivity index (χ1) is 6.45. The molecule has 0 heterocycles. The molecule has 3 nitrogen and oxygen atoms in total. The minimum Gasteiger partial charge on any atom is -0.372 e. The highest BCUT2D eigenvalue weighted by Crippen LogP contribution is 2.14. The van der Waals surface area contributed by atoms with Crippen LogP contribution >= 0.6 is 0 Å². The van der Waals surface area contributed by atoms with Gasteiger partial charge in [-0.05, 0) is 6.42 Å². The fourth-order valence-corrected chi connectivity index (χ4v) is 1.65. The molecule has 0 radical (unpaired) electrons. The first kappa shape index (κ1) is 13.9. The van der Waals surface area contributed by atoms with Gasteiger partial charge in [0.1, 0.15) is 6.61 Å². The second kappa shape index (κ2) is 7.19. The fraction of sp³-hybridized carbons (Fsp3) is 1.00. The van der Waals surface area contributed by atoms with Crippen LogP contribution in [0.2, 0.25) is 0 Å². The molecule has 1 unspecified atom stereocenters. The molecule has 0 aromatic rings. The van der Waals surface area contributed by atoms with Gasteiger partial charge in [-0.1, -0.05) is 0 Å². The maximum absolute atomic E-state index is 11.6. The number of alkyl halides is 3. The number of halogens is 3. The zero-order chi connectivity index (χ0) is 11.0. The first-order valence-corrected chi connectivity index (χ1v) is 5.64. The second-order valence-corrected chi connectivity index (χ2v) is 4.35. The molecule has 0 aliphatic carbocycles. The molecule has 0 fully saturated rings. The number of hydrogen-bond donors (Lipinski definition) is 1. The predicted octanol–water partition coefficient (Wildman–Crippen LogP) is 0.663. The Labute approximate surface area is 83.3 Å². The van der Waals surface area contributed by atoms with Crippen molar-refractivity contribution < 1.29 is 22.1 Å². The van der Waals surface area contributed by atoms with Gasteiger partial charge in [-0.3, -0.25) is 4.21 Å². The smallest absolute Gasteiger partial charge is 0.372 e. The Morgan fingerprint density at radius 3 is 2.43 bits per heavy atom. The van der Waals surface area contributed by atoms with Crippen LogP contribution in [0.4, 0.5) is 13.2 Å². The molecule has 2 N–H and O–H groups in total. The van der Waals surface area contributed by atoms with Crippen LogP contribution in [0.3, 0.4) is 0 Å². The van der Waals surface area contributed by atoms with Gasteiger partial charge in [0, 0.05) is 35.5 Å². The van der Waals surface area contributed by atoms with Crippen molar-refractivity contribution in [2.24, 2.45) is 5.73 Å². The van der Waals surface area contributed by atoms with Gasteiger partial charge in [0.15, 0.2) is 0 Å². The third-order valence-electron chi connectivity index (χ3n) is 1.27. The summed E-state index contributed by atoms with van der Waals surface area (Å²) in [5.74, 6) is 0.730. The minimum atomic E-state index is -4.28. The van der Waals surface area contributed by atoms with Crippen molar-refractivity contribution in [2.45, 2.75) is 12.6 Å². The highest BCUT2D eigenvalue weighted by Gasteiger charge is 2.27. The third kappa shape index (κ3) is 9.94. The first-order valence-electron chi connectivity index (χ1n) is 4.15. The topological polar surface area (TPSA) is 52.3 Å². The Kier molecular flexibility index (Phi) is 7.12. The molecule has 7 heteroatoms. The SMILES string of the molecule is NCCS(=O)CCCOCC(F)(F)F. The summed E-state index contributed by atoms with van der Waals surface area (Å²) in [7, 11) is -1.03. The lowest BCUT2D eigenvalue weighted by Gasteiger charge is -2.06. The van der Waals surface area contributed by atoms with E-state index in [1.165, 1.54) is 0 Å². The summed E-state index contributed by atoms with van der Waals surface area (Å²) >= 11 is 0. The molecule has 0 aromatic heterocycles. The van der Waals surface area contributed by atoms with Crippen LogP contribution in [-0.2, 0) is 15.5 Å². The molecule has 0 amide bonds. The van der Waals surface area contributed by atoms with Crippen LogP contribution < -0.4 is 5.73 Å². The molecule has 1 atom stereocenters. The number of rotatable bonds is 7. The normalized spacial score (nSPS) is 14.3. The second-order valence-electron chi connectivity index (χ2n) is 2.66. The number of nitrogens with two attached hydrogens (primary N) is 1. The zero-order valence-electron chi connectivity index (χ0n) is 7.68. The van der Waals surface area contributed by atoms with Gasteiger partial charge in [-0.2, -0.15) is 13.2 Å². The highest BCUT2D eigenvalue weighted by molar-refractivity contribution is 7.84. The standard InChI is InChI=1S/C7H14F3NO2S/c8-7(9,10)6-13-3-1-4-14(12)5-2-11/h1-6,11H2. The van der Waals surface area contributed by atoms with Crippen LogP contribution in [0.1, 0.15) is 6.42 Å². The lowest BCUT2D eigenvalue weighted by atomic mass is 10.5. The Morgan fingerprint density at radius 1 is 1.29 bits per heavy atom. The number of hydrogen-bond acceptors (Lipinski definition) is 3. The van der Waals surface area contributed by atoms with E-state index in [2.05, 4.69) is 4.74 Å². The van der Waals surface area contributed by atoms with Crippen molar-refractivity contribution in [2.75, 3.05) is 31.3 Å². The molecule has 0 aliphatic rings. The largest absolute Gasteiger partial charge is 0.411 e. The maximum atomic E-state index is 11.6. The number of ether oxygens (including phenoxy) is 1. The lowest BCUT2D eigenvalue weighted by Crippen LogP contribution is -2.18. The van der Waals surface area contributed by atoms with Crippen LogP contribution in [0.5, 0.6) is 0 Å². The lowest BCUT2D eigenvalue weighted by molar-refractivity contribution is -0.173. The van der Waals surface area contributed by atoms with Crippen molar-refractivity contribution in [3.8, 4) is 0 Å². The van der Waals surface area contributed by atoms with Crippen molar-refractivity contribution in [1.82, 2.24) is 0 Å². The van der Waals surface area contributed by atoms with E-state index in [0.29, 0.717) is 24.5 Å². The Balaban J connectivity index is 3.26. The van der Waals surface area contributed by atoms with E-state index in [9.17, 15) is 17.4 Å². The Hall–Kier alpha value is -0.140. The highest BCUT2D eigenvalue weighted by atomic mass is 32.2. The average Bonchev–Trinajstić information content (AvgIpc) is 2.02. The van der Waals surface area contributed by atoms with E-state index in [-0.39, 0.29) is 6.61 Å². The van der Waals surface area contributed by atoms with Crippen molar-refractivity contribution in [3.63, 3.8) is 0 Å². The predicted molar refractivity (Wildman–Crippen MR) is 48.4 cm³/mol. The van der Waals surface area contributed by atoms with Crippen LogP contribution in [0, 0.1) is 0 Å². The van der Waals surface area contributed by atoms with Crippen LogP contribution in [0.15, 0.2) is 0 Å². The summed E-state index contributed by atoms with van der Waals surface area (Å²) in [6, 6.07) is 0. The molecular formula is C7H14F3NO2S. The molecule has 0 rings (SSSR count). The summed E-state index contributed by atoms with van der Waals surface area (Å²) in [5.41, 5.74) is 5.14. The van der Waals surface area contributed by atoms with Gasteiger partial charge in [0.2, 0.25) is 0 Å². The van der Waals surface area contributed by atoms with E-state index >= 15 is 0 Å². The minimum absolute atomic E-state index is 0.0180. The van der Waals surface area contributed by atoms with Crippen molar-refractivity contribution in [1.29, 1.82) is 0 Å². The molecule has 0 aromatic carbocycles. The van der Waals surface area contributed by atoms with E-state index in [1.807, 2.05) is 0 Å². The average molecular weight is 233 g/mol. The van der Waals surface area contributed by atoms with Crippen molar-refractivity contribution in [3.05, 3.63) is 0 Å². The van der Waals surface area contributed by atoms with Gasteiger partial charge in [0.05, 0.1) is 0 Å². The molecule has 0 saturated heterocycles. The van der Waals surface area contributed by atoms with Gasteiger partial charge in [0.25, 0.3) is 0 Å². The zero-order valence-corrected chi connectivity index (χ0v) is 8.50. The molecule has 0 aliphatic heterocycles. The Morgan fingerprint density at radius 2 is 1.93 bits per heavy atom. The summed E-state index contributed by atoms with van der Waals surface area (Å²) < 4.78 is 50.0. The van der Waals surface area contributed by atoms with Gasteiger partial charge in [-0.15, -0.1) is 0 Å². The van der Waals surface area contributed by atoms with Gasteiger partial charge in [-0.25, -0.2) is 0 Å². The molecule has 0 bridgehead atoms. The van der Waals surface area contributed by atoms with E-state index in [0.717, 1.165) is 0 Å². The molecule has 0 spiro atoms. The maximum Gasteiger partial charge on any atom is 0.411 e.